The van der Waals surface area contributed by atoms with Gasteiger partial charge in [-0.25, -0.2) is 13.0 Å². The highest BCUT2D eigenvalue weighted by atomic mass is 32.2. The predicted molar refractivity (Wildman–Crippen MR) is 147 cm³/mol. The van der Waals surface area contributed by atoms with Crippen molar-refractivity contribution in [3.05, 3.63) is 84.9 Å². The molecular weight excluding hydrogens is 454 g/mol. The van der Waals surface area contributed by atoms with Crippen LogP contribution in [-0.2, 0) is 9.92 Å². The Balaban J connectivity index is 2.03. The van der Waals surface area contributed by atoms with Gasteiger partial charge in [-0.05, 0) is 52.5 Å². The summed E-state index contributed by atoms with van der Waals surface area (Å²) in [4.78, 5) is 0.709. The van der Waals surface area contributed by atoms with Gasteiger partial charge in [0.25, 0.3) is 8.24 Å². The van der Waals surface area contributed by atoms with Crippen molar-refractivity contribution in [1.29, 1.82) is 0 Å². The Labute approximate surface area is 206 Å². The van der Waals surface area contributed by atoms with Crippen LogP contribution in [0.5, 0.6) is 0 Å². The van der Waals surface area contributed by atoms with E-state index in [0.717, 1.165) is 25.7 Å². The smallest absolute Gasteiger partial charge is 0.262 e. The van der Waals surface area contributed by atoms with Gasteiger partial charge < -0.3 is 5.73 Å². The van der Waals surface area contributed by atoms with Gasteiger partial charge in [-0.15, -0.1) is 0 Å². The van der Waals surface area contributed by atoms with Crippen LogP contribution >= 0.6 is 0 Å². The number of rotatable bonds is 6. The molecule has 1 aliphatic carbocycles. The fourth-order valence-corrected chi connectivity index (χ4v) is 13.9. The largest absolute Gasteiger partial charge is 0.399 e. The Hall–Kier alpha value is -2.41. The molecule has 3 aromatic rings. The molecule has 1 saturated carbocycles. The Bertz CT molecular complexity index is 1150. The van der Waals surface area contributed by atoms with E-state index in [4.69, 9.17) is 9.76 Å². The van der Waals surface area contributed by atoms with Gasteiger partial charge in [0.15, 0.2) is 0 Å². The van der Waals surface area contributed by atoms with Crippen LogP contribution in [0, 0.1) is 0 Å². The molecule has 1 atom stereocenters. The van der Waals surface area contributed by atoms with Crippen LogP contribution in [0.2, 0.25) is 5.04 Å². The maximum Gasteiger partial charge on any atom is 0.262 e. The van der Waals surface area contributed by atoms with Gasteiger partial charge in [-0.1, -0.05) is 101 Å². The van der Waals surface area contributed by atoms with Gasteiger partial charge in [-0.2, -0.15) is 0 Å². The zero-order valence-electron chi connectivity index (χ0n) is 20.5. The lowest BCUT2D eigenvalue weighted by Gasteiger charge is -2.41. The van der Waals surface area contributed by atoms with Crippen molar-refractivity contribution in [2.24, 2.45) is 4.03 Å². The zero-order chi connectivity index (χ0) is 24.2. The normalized spacial score (nSPS) is 17.1. The van der Waals surface area contributed by atoms with Gasteiger partial charge >= 0.3 is 0 Å². The number of nitrogens with two attached hydrogens (primary N) is 1. The molecule has 34 heavy (non-hydrogen) atoms. The Morgan fingerprint density at radius 1 is 0.824 bits per heavy atom. The van der Waals surface area contributed by atoms with Crippen molar-refractivity contribution in [1.82, 2.24) is 4.72 Å². The number of nitrogens with one attached hydrogen (secondary N) is 1. The van der Waals surface area contributed by atoms with Gasteiger partial charge in [-0.3, -0.25) is 0 Å². The van der Waals surface area contributed by atoms with E-state index < -0.39 is 18.2 Å². The van der Waals surface area contributed by atoms with Crippen molar-refractivity contribution >= 4 is 34.2 Å². The lowest BCUT2D eigenvalue weighted by Crippen LogP contribution is -2.64. The zero-order valence-corrected chi connectivity index (χ0v) is 22.4. The quantitative estimate of drug-likeness (QED) is 0.353. The first-order valence-corrected chi connectivity index (χ1v) is 15.7. The number of nitrogen functional groups attached to an aromatic ring is 1. The molecule has 0 aliphatic heterocycles. The maximum atomic E-state index is 15.1. The lowest BCUT2D eigenvalue weighted by molar-refractivity contribution is 0.418. The molecule has 4 rings (SSSR count). The van der Waals surface area contributed by atoms with Crippen LogP contribution in [-0.4, -0.2) is 18.5 Å². The minimum atomic E-state index is -2.94. The standard InChI is InChI=1S/C28H37N3OSSi/c1-28(2,3)34(26-15-9-5-10-16-26,27-17-11-6-12-18-27)31-33(32,25-21-19-23(29)20-22-25)30-24-13-7-4-8-14-24/h5-6,9-12,15-22,24H,4,7-8,13-14,29H2,1-3H3,(H,30,31,32). The fraction of sp³-hybridized carbons (Fsp3) is 0.357. The van der Waals surface area contributed by atoms with E-state index in [1.807, 2.05) is 36.4 Å². The van der Waals surface area contributed by atoms with Crippen LogP contribution in [0.15, 0.2) is 93.9 Å². The van der Waals surface area contributed by atoms with Crippen molar-refractivity contribution in [3.63, 3.8) is 0 Å². The fourth-order valence-electron chi connectivity index (χ4n) is 5.07. The lowest BCUT2D eigenvalue weighted by atomic mass is 9.96. The first-order chi connectivity index (χ1) is 16.2. The Morgan fingerprint density at radius 3 is 1.79 bits per heavy atom. The van der Waals surface area contributed by atoms with E-state index >= 15 is 4.21 Å². The number of hydrogen-bond acceptors (Lipinski definition) is 3. The first-order valence-electron chi connectivity index (χ1n) is 12.3. The predicted octanol–water partition coefficient (Wildman–Crippen LogP) is 5.49. The van der Waals surface area contributed by atoms with Crippen molar-refractivity contribution in [3.8, 4) is 0 Å². The van der Waals surface area contributed by atoms with Gasteiger partial charge in [0.05, 0.1) is 4.90 Å². The highest BCUT2D eigenvalue weighted by Crippen LogP contribution is 2.38. The minimum Gasteiger partial charge on any atom is -0.399 e. The number of nitrogens with zero attached hydrogens (tertiary/aromatic N) is 1. The van der Waals surface area contributed by atoms with Gasteiger partial charge in [0, 0.05) is 11.7 Å². The highest BCUT2D eigenvalue weighted by Gasteiger charge is 2.50. The SMILES string of the molecule is CC(C)(C)[Si](N=S(=O)(NC1CCCCC1)c1ccc(N)cc1)(c1ccccc1)c1ccccc1. The molecule has 1 unspecified atom stereocenters. The van der Waals surface area contributed by atoms with Crippen molar-refractivity contribution in [2.75, 3.05) is 5.73 Å². The third-order valence-electron chi connectivity index (χ3n) is 6.87. The van der Waals surface area contributed by atoms with Crippen LogP contribution in [0.3, 0.4) is 0 Å². The monoisotopic (exact) mass is 491 g/mol. The van der Waals surface area contributed by atoms with E-state index in [1.54, 1.807) is 0 Å². The summed E-state index contributed by atoms with van der Waals surface area (Å²) in [7, 11) is -5.85. The summed E-state index contributed by atoms with van der Waals surface area (Å²) in [5, 5.41) is 2.12. The molecule has 0 spiro atoms. The molecule has 0 radical (unpaired) electrons. The molecule has 0 bridgehead atoms. The first kappa shape index (κ1) is 24.7. The average Bonchev–Trinajstić information content (AvgIpc) is 2.84. The molecule has 3 aromatic carbocycles. The molecule has 4 nitrogen and oxygen atoms in total. The molecule has 0 heterocycles. The summed E-state index contributed by atoms with van der Waals surface area (Å²) in [6.45, 7) is 6.73. The molecule has 0 amide bonds. The van der Waals surface area contributed by atoms with E-state index in [2.05, 4.69) is 74.0 Å². The van der Waals surface area contributed by atoms with Crippen LogP contribution < -0.4 is 20.8 Å². The van der Waals surface area contributed by atoms with Crippen molar-refractivity contribution in [2.45, 2.75) is 68.9 Å². The summed E-state index contributed by atoms with van der Waals surface area (Å²) >= 11 is 0. The van der Waals surface area contributed by atoms with Gasteiger partial charge in [0.1, 0.15) is 9.92 Å². The number of benzene rings is 3. The topological polar surface area (TPSA) is 67.5 Å². The van der Waals surface area contributed by atoms with Crippen molar-refractivity contribution < 1.29 is 4.21 Å². The van der Waals surface area contributed by atoms with Crippen LogP contribution in [0.1, 0.15) is 52.9 Å². The molecule has 180 valence electrons. The highest BCUT2D eigenvalue weighted by molar-refractivity contribution is 7.92. The van der Waals surface area contributed by atoms with Crippen LogP contribution in [0.25, 0.3) is 0 Å². The summed E-state index contributed by atoms with van der Waals surface area (Å²) in [5.41, 5.74) is 6.66. The molecule has 6 heteroatoms. The second-order valence-electron chi connectivity index (χ2n) is 10.3. The third kappa shape index (κ3) is 4.99. The van der Waals surface area contributed by atoms with E-state index in [0.29, 0.717) is 10.6 Å². The number of anilines is 1. The Kier molecular flexibility index (Phi) is 7.31. The Morgan fingerprint density at radius 2 is 1.32 bits per heavy atom. The summed E-state index contributed by atoms with van der Waals surface area (Å²) < 4.78 is 24.2. The minimum absolute atomic E-state index is 0.195. The average molecular weight is 492 g/mol. The summed E-state index contributed by atoms with van der Waals surface area (Å²) in [5.74, 6) is 0. The van der Waals surface area contributed by atoms with Crippen LogP contribution in [0.4, 0.5) is 5.69 Å². The third-order valence-corrected chi connectivity index (χ3v) is 15.1. The molecule has 0 saturated heterocycles. The maximum absolute atomic E-state index is 15.1. The van der Waals surface area contributed by atoms with E-state index in [-0.39, 0.29) is 11.1 Å². The van der Waals surface area contributed by atoms with E-state index in [1.165, 1.54) is 16.8 Å². The second-order valence-corrected chi connectivity index (χ2v) is 16.9. The number of hydrogen-bond donors (Lipinski definition) is 2. The molecule has 1 aliphatic rings. The van der Waals surface area contributed by atoms with Gasteiger partial charge in [0.2, 0.25) is 0 Å². The second kappa shape index (κ2) is 10.1. The molecule has 0 aromatic heterocycles. The molecular formula is C28H37N3OSSi. The van der Waals surface area contributed by atoms with E-state index in [9.17, 15) is 0 Å². The summed E-state index contributed by atoms with van der Waals surface area (Å²) in [6.07, 6.45) is 5.62. The summed E-state index contributed by atoms with van der Waals surface area (Å²) in [6, 6.07) is 28.6. The molecule has 3 N–H and O–H groups in total. The molecule has 1 fully saturated rings.